The molecule has 2 nitrogen and oxygen atoms in total. The third-order valence-electron chi connectivity index (χ3n) is 1.54. The average molecular weight is 186 g/mol. The molecule has 0 aliphatic heterocycles. The van der Waals surface area contributed by atoms with E-state index in [0.717, 1.165) is 5.75 Å². The molecule has 0 spiro atoms. The van der Waals surface area contributed by atoms with Gasteiger partial charge in [-0.1, -0.05) is 6.92 Å². The number of hydrogen-bond acceptors (Lipinski definition) is 3. The van der Waals surface area contributed by atoms with E-state index in [1.807, 2.05) is 11.8 Å². The molecule has 0 saturated carbocycles. The van der Waals surface area contributed by atoms with Gasteiger partial charge < -0.3 is 5.32 Å². The van der Waals surface area contributed by atoms with Gasteiger partial charge in [0.2, 0.25) is 0 Å². The van der Waals surface area contributed by atoms with Crippen LogP contribution >= 0.6 is 11.8 Å². The number of hydrogen-bond donors (Lipinski definition) is 1. The van der Waals surface area contributed by atoms with Gasteiger partial charge in [0, 0.05) is 17.8 Å². The molecule has 0 fully saturated rings. The lowest BCUT2D eigenvalue weighted by Crippen LogP contribution is -2.35. The standard InChI is InChI=1S/C9H18N2S/c1-4-12-7-9(3)11-8(2)5-6-10/h8-9,11H,4-5,7H2,1-3H3. The molecular formula is C9H18N2S. The normalized spacial score (nSPS) is 15.2. The molecule has 2 unspecified atom stereocenters. The highest BCUT2D eigenvalue weighted by molar-refractivity contribution is 7.99. The summed E-state index contributed by atoms with van der Waals surface area (Å²) in [4.78, 5) is 0. The summed E-state index contributed by atoms with van der Waals surface area (Å²) >= 11 is 1.93. The Morgan fingerprint density at radius 1 is 1.42 bits per heavy atom. The van der Waals surface area contributed by atoms with E-state index < -0.39 is 0 Å². The van der Waals surface area contributed by atoms with E-state index in [9.17, 15) is 0 Å². The van der Waals surface area contributed by atoms with Gasteiger partial charge in [-0.05, 0) is 19.6 Å². The Morgan fingerprint density at radius 2 is 2.08 bits per heavy atom. The van der Waals surface area contributed by atoms with Gasteiger partial charge in [-0.2, -0.15) is 17.0 Å². The summed E-state index contributed by atoms with van der Waals surface area (Å²) in [6, 6.07) is 2.99. The predicted molar refractivity (Wildman–Crippen MR) is 55.3 cm³/mol. The first-order valence-corrected chi connectivity index (χ1v) is 5.56. The molecular weight excluding hydrogens is 168 g/mol. The molecule has 0 radical (unpaired) electrons. The fourth-order valence-electron chi connectivity index (χ4n) is 1.02. The van der Waals surface area contributed by atoms with Gasteiger partial charge in [-0.25, -0.2) is 0 Å². The van der Waals surface area contributed by atoms with Crippen LogP contribution in [-0.2, 0) is 0 Å². The molecule has 0 heterocycles. The Kier molecular flexibility index (Phi) is 7.33. The summed E-state index contributed by atoms with van der Waals surface area (Å²) in [5, 5.41) is 11.8. The number of rotatable bonds is 6. The molecule has 0 aromatic rings. The van der Waals surface area contributed by atoms with Crippen LogP contribution < -0.4 is 5.32 Å². The van der Waals surface area contributed by atoms with Gasteiger partial charge in [-0.15, -0.1) is 0 Å². The van der Waals surface area contributed by atoms with Crippen LogP contribution in [0.1, 0.15) is 27.2 Å². The summed E-state index contributed by atoms with van der Waals surface area (Å²) < 4.78 is 0. The van der Waals surface area contributed by atoms with E-state index in [-0.39, 0.29) is 0 Å². The van der Waals surface area contributed by atoms with Crippen LogP contribution in [0, 0.1) is 11.3 Å². The lowest BCUT2D eigenvalue weighted by molar-refractivity contribution is 0.500. The van der Waals surface area contributed by atoms with Gasteiger partial charge in [0.1, 0.15) is 0 Å². The van der Waals surface area contributed by atoms with Gasteiger partial charge in [0.05, 0.1) is 12.5 Å². The Bertz CT molecular complexity index is 142. The highest BCUT2D eigenvalue weighted by atomic mass is 32.2. The maximum absolute atomic E-state index is 8.43. The zero-order chi connectivity index (χ0) is 9.40. The number of nitrogens with one attached hydrogen (secondary N) is 1. The van der Waals surface area contributed by atoms with Crippen molar-refractivity contribution in [2.45, 2.75) is 39.3 Å². The van der Waals surface area contributed by atoms with E-state index >= 15 is 0 Å². The minimum absolute atomic E-state index is 0.322. The van der Waals surface area contributed by atoms with Crippen molar-refractivity contribution < 1.29 is 0 Å². The second kappa shape index (κ2) is 7.45. The maximum Gasteiger partial charge on any atom is 0.0638 e. The van der Waals surface area contributed by atoms with Crippen LogP contribution in [0.5, 0.6) is 0 Å². The van der Waals surface area contributed by atoms with Crippen LogP contribution in [0.25, 0.3) is 0 Å². The minimum Gasteiger partial charge on any atom is -0.310 e. The van der Waals surface area contributed by atoms with Crippen molar-refractivity contribution in [3.63, 3.8) is 0 Å². The Balaban J connectivity index is 3.41. The first-order chi connectivity index (χ1) is 5.70. The number of thioether (sulfide) groups is 1. The summed E-state index contributed by atoms with van der Waals surface area (Å²) in [5.74, 6) is 2.30. The van der Waals surface area contributed by atoms with Crippen molar-refractivity contribution in [3.05, 3.63) is 0 Å². The van der Waals surface area contributed by atoms with Crippen LogP contribution in [0.2, 0.25) is 0 Å². The topological polar surface area (TPSA) is 35.8 Å². The van der Waals surface area contributed by atoms with E-state index in [2.05, 4.69) is 32.2 Å². The van der Waals surface area contributed by atoms with Crippen LogP contribution in [0.3, 0.4) is 0 Å². The first kappa shape index (κ1) is 11.8. The molecule has 0 aromatic heterocycles. The minimum atomic E-state index is 0.322. The molecule has 1 N–H and O–H groups in total. The Labute approximate surface area is 79.7 Å². The van der Waals surface area contributed by atoms with Gasteiger partial charge in [0.25, 0.3) is 0 Å². The van der Waals surface area contributed by atoms with Crippen molar-refractivity contribution in [2.24, 2.45) is 0 Å². The molecule has 2 atom stereocenters. The van der Waals surface area contributed by atoms with Crippen molar-refractivity contribution in [1.29, 1.82) is 5.26 Å². The predicted octanol–water partition coefficient (Wildman–Crippen LogP) is 2.02. The highest BCUT2D eigenvalue weighted by Crippen LogP contribution is 2.02. The smallest absolute Gasteiger partial charge is 0.0638 e. The summed E-state index contributed by atoms with van der Waals surface area (Å²) in [5.41, 5.74) is 0. The Morgan fingerprint density at radius 3 is 2.58 bits per heavy atom. The lowest BCUT2D eigenvalue weighted by atomic mass is 10.2. The van der Waals surface area contributed by atoms with Crippen LogP contribution in [0.4, 0.5) is 0 Å². The molecule has 0 bridgehead atoms. The molecule has 0 saturated heterocycles. The number of nitriles is 1. The second-order valence-electron chi connectivity index (χ2n) is 2.99. The SMILES string of the molecule is CCSCC(C)NC(C)CC#N. The summed E-state index contributed by atoms with van der Waals surface area (Å²) in [7, 11) is 0. The number of nitrogens with zero attached hydrogens (tertiary/aromatic N) is 1. The van der Waals surface area contributed by atoms with E-state index in [1.54, 1.807) is 0 Å². The molecule has 0 amide bonds. The van der Waals surface area contributed by atoms with Gasteiger partial charge in [0.15, 0.2) is 0 Å². The average Bonchev–Trinajstić information content (AvgIpc) is 2.01. The molecule has 0 aromatic carbocycles. The Hall–Kier alpha value is -0.200. The molecule has 3 heteroatoms. The zero-order valence-electron chi connectivity index (χ0n) is 8.13. The van der Waals surface area contributed by atoms with Crippen molar-refractivity contribution >= 4 is 11.8 Å². The van der Waals surface area contributed by atoms with Gasteiger partial charge in [-0.3, -0.25) is 0 Å². The fraction of sp³-hybridized carbons (Fsp3) is 0.889. The van der Waals surface area contributed by atoms with Crippen LogP contribution in [-0.4, -0.2) is 23.6 Å². The first-order valence-electron chi connectivity index (χ1n) is 4.41. The summed E-state index contributed by atoms with van der Waals surface area (Å²) in [6.07, 6.45) is 0.598. The van der Waals surface area contributed by atoms with Crippen LogP contribution in [0.15, 0.2) is 0 Å². The summed E-state index contributed by atoms with van der Waals surface area (Å²) in [6.45, 7) is 6.38. The molecule has 0 rings (SSSR count). The van der Waals surface area contributed by atoms with E-state index in [4.69, 9.17) is 5.26 Å². The maximum atomic E-state index is 8.43. The fourth-order valence-corrected chi connectivity index (χ4v) is 1.71. The highest BCUT2D eigenvalue weighted by Gasteiger charge is 2.05. The van der Waals surface area contributed by atoms with Crippen molar-refractivity contribution in [1.82, 2.24) is 5.32 Å². The lowest BCUT2D eigenvalue weighted by Gasteiger charge is -2.17. The molecule has 12 heavy (non-hydrogen) atoms. The zero-order valence-corrected chi connectivity index (χ0v) is 8.95. The second-order valence-corrected chi connectivity index (χ2v) is 4.31. The van der Waals surface area contributed by atoms with E-state index in [0.29, 0.717) is 18.5 Å². The van der Waals surface area contributed by atoms with Crippen molar-refractivity contribution in [3.8, 4) is 6.07 Å². The monoisotopic (exact) mass is 186 g/mol. The third kappa shape index (κ3) is 6.51. The quantitative estimate of drug-likeness (QED) is 0.689. The van der Waals surface area contributed by atoms with Gasteiger partial charge >= 0.3 is 0 Å². The van der Waals surface area contributed by atoms with E-state index in [1.165, 1.54) is 5.75 Å². The third-order valence-corrected chi connectivity index (χ3v) is 2.68. The largest absolute Gasteiger partial charge is 0.310 e. The molecule has 70 valence electrons. The van der Waals surface area contributed by atoms with Crippen molar-refractivity contribution in [2.75, 3.05) is 11.5 Å². The molecule has 0 aliphatic rings. The molecule has 0 aliphatic carbocycles.